The van der Waals surface area contributed by atoms with E-state index < -0.39 is 23.7 Å². The number of imide groups is 1. The molecule has 0 bridgehead atoms. The van der Waals surface area contributed by atoms with E-state index in [1.165, 1.54) is 11.9 Å². The molecule has 1 heterocycles. The van der Waals surface area contributed by atoms with Crippen LogP contribution in [-0.2, 0) is 19.2 Å². The molecule has 9 heteroatoms. The zero-order valence-corrected chi connectivity index (χ0v) is 18.7. The number of amides is 4. The predicted molar refractivity (Wildman–Crippen MR) is 114 cm³/mol. The molecular weight excluding hydrogens is 429 g/mol. The Morgan fingerprint density at radius 1 is 1.17 bits per heavy atom. The number of fused-ring (bicyclic) bond motifs is 1. The normalized spacial score (nSPS) is 25.8. The number of nitrogens with one attached hydrogen (secondary N) is 1. The highest BCUT2D eigenvalue weighted by molar-refractivity contribution is 6.39. The van der Waals surface area contributed by atoms with Crippen LogP contribution in [0.4, 0.5) is 5.69 Å². The second-order valence-electron chi connectivity index (χ2n) is 7.95. The smallest absolute Gasteiger partial charge is 0.244 e. The molecule has 3 rings (SSSR count). The molecule has 1 aromatic carbocycles. The van der Waals surface area contributed by atoms with Crippen LogP contribution in [0.15, 0.2) is 18.2 Å². The maximum absolute atomic E-state index is 13.4. The summed E-state index contributed by atoms with van der Waals surface area (Å²) in [6.45, 7) is 3.79. The molecule has 0 unspecified atom stereocenters. The molecule has 4 atom stereocenters. The number of carbonyl (C=O) groups is 4. The van der Waals surface area contributed by atoms with Crippen molar-refractivity contribution in [3.8, 4) is 0 Å². The van der Waals surface area contributed by atoms with E-state index in [0.717, 1.165) is 4.90 Å². The van der Waals surface area contributed by atoms with Crippen LogP contribution in [0.2, 0.25) is 10.0 Å². The van der Waals surface area contributed by atoms with Gasteiger partial charge < -0.3 is 10.2 Å². The van der Waals surface area contributed by atoms with Crippen molar-refractivity contribution in [1.29, 1.82) is 0 Å². The van der Waals surface area contributed by atoms with Gasteiger partial charge in [0.2, 0.25) is 23.6 Å². The van der Waals surface area contributed by atoms with Crippen molar-refractivity contribution in [1.82, 2.24) is 9.80 Å². The molecule has 1 saturated heterocycles. The van der Waals surface area contributed by atoms with Gasteiger partial charge in [-0.1, -0.05) is 36.2 Å². The monoisotopic (exact) mass is 453 g/mol. The van der Waals surface area contributed by atoms with Crippen LogP contribution in [0.5, 0.6) is 0 Å². The van der Waals surface area contributed by atoms with E-state index in [1.54, 1.807) is 25.1 Å². The second kappa shape index (κ2) is 8.94. The number of nitrogens with zero attached hydrogens (tertiary/aromatic N) is 2. The van der Waals surface area contributed by atoms with Gasteiger partial charge in [-0.3, -0.25) is 24.1 Å². The van der Waals surface area contributed by atoms with E-state index in [0.29, 0.717) is 35.1 Å². The van der Waals surface area contributed by atoms with Crippen LogP contribution < -0.4 is 5.32 Å². The lowest BCUT2D eigenvalue weighted by Gasteiger charge is -2.37. The number of rotatable bonds is 5. The summed E-state index contributed by atoms with van der Waals surface area (Å²) in [7, 11) is 1.47. The highest BCUT2D eigenvalue weighted by atomic mass is 35.5. The zero-order valence-electron chi connectivity index (χ0n) is 17.2. The molecule has 7 nitrogen and oxygen atoms in total. The fraction of sp³-hybridized carbons (Fsp3) is 0.524. The molecular formula is C21H25Cl2N3O4. The Labute approximate surface area is 185 Å². The van der Waals surface area contributed by atoms with Crippen molar-refractivity contribution < 1.29 is 19.2 Å². The Kier molecular flexibility index (Phi) is 6.72. The first-order valence-corrected chi connectivity index (χ1v) is 10.8. The van der Waals surface area contributed by atoms with Gasteiger partial charge >= 0.3 is 0 Å². The summed E-state index contributed by atoms with van der Waals surface area (Å²) in [5.41, 5.74) is 0.290. The number of hydrogen-bond donors (Lipinski definition) is 1. The average molecular weight is 454 g/mol. The maximum atomic E-state index is 13.4. The third-order valence-corrected chi connectivity index (χ3v) is 6.80. The van der Waals surface area contributed by atoms with Gasteiger partial charge in [0, 0.05) is 13.6 Å². The minimum atomic E-state index is -0.658. The second-order valence-corrected chi connectivity index (χ2v) is 8.76. The van der Waals surface area contributed by atoms with E-state index in [-0.39, 0.29) is 30.2 Å². The number of para-hydroxylation sites is 1. The van der Waals surface area contributed by atoms with Crippen LogP contribution in [0.1, 0.15) is 26.7 Å². The molecule has 1 saturated carbocycles. The Bertz CT molecular complexity index is 871. The predicted octanol–water partition coefficient (Wildman–Crippen LogP) is 3.06. The van der Waals surface area contributed by atoms with Crippen molar-refractivity contribution in [3.05, 3.63) is 28.2 Å². The topological polar surface area (TPSA) is 86.8 Å². The minimum Gasteiger partial charge on any atom is -0.333 e. The highest BCUT2D eigenvalue weighted by Crippen LogP contribution is 2.45. The van der Waals surface area contributed by atoms with Crippen LogP contribution in [0.3, 0.4) is 0 Å². The first-order valence-electron chi connectivity index (χ1n) is 10.0. The van der Waals surface area contributed by atoms with Gasteiger partial charge in [0.25, 0.3) is 0 Å². The summed E-state index contributed by atoms with van der Waals surface area (Å²) in [6.07, 6.45) is 1.28. The van der Waals surface area contributed by atoms with Crippen LogP contribution in [0, 0.1) is 23.7 Å². The summed E-state index contributed by atoms with van der Waals surface area (Å²) < 4.78 is 0. The van der Waals surface area contributed by atoms with Crippen molar-refractivity contribution in [2.24, 2.45) is 23.7 Å². The molecule has 0 radical (unpaired) electrons. The van der Waals surface area contributed by atoms with Crippen molar-refractivity contribution in [2.75, 3.05) is 25.5 Å². The Morgan fingerprint density at radius 3 is 2.40 bits per heavy atom. The molecule has 4 amide bonds. The fourth-order valence-corrected chi connectivity index (χ4v) is 5.00. The molecule has 2 fully saturated rings. The maximum Gasteiger partial charge on any atom is 0.244 e. The Hall–Kier alpha value is -2.12. The number of anilines is 1. The van der Waals surface area contributed by atoms with Gasteiger partial charge in [0.1, 0.15) is 0 Å². The number of halogens is 2. The minimum absolute atomic E-state index is 0.0582. The van der Waals surface area contributed by atoms with Gasteiger partial charge in [-0.05, 0) is 37.8 Å². The molecule has 30 heavy (non-hydrogen) atoms. The van der Waals surface area contributed by atoms with Crippen LogP contribution >= 0.6 is 23.2 Å². The number of carbonyl (C=O) groups excluding carboxylic acids is 4. The Morgan fingerprint density at radius 2 is 1.80 bits per heavy atom. The molecule has 2 aliphatic rings. The molecule has 0 aromatic heterocycles. The van der Waals surface area contributed by atoms with Crippen molar-refractivity contribution >= 4 is 52.5 Å². The summed E-state index contributed by atoms with van der Waals surface area (Å²) in [6, 6.07) is 4.88. The van der Waals surface area contributed by atoms with Crippen LogP contribution in [-0.4, -0.2) is 53.6 Å². The lowest BCUT2D eigenvalue weighted by atomic mass is 9.67. The first-order chi connectivity index (χ1) is 14.2. The molecule has 1 aromatic rings. The quantitative estimate of drug-likeness (QED) is 0.693. The van der Waals surface area contributed by atoms with E-state index in [1.807, 2.05) is 6.92 Å². The number of benzene rings is 1. The standard InChI is InChI=1S/C21H25Cl2N3O4/c1-4-26(10-15(27)24-18-13(22)6-5-7-14(18)23)21(30)16-11(2)8-9-12-17(16)20(29)25(3)19(12)28/h5-7,11-12,16-17H,4,8-10H2,1-3H3,(H,24,27)/t11-,12+,16-,17-/m1/s1. The molecule has 162 valence electrons. The lowest BCUT2D eigenvalue weighted by molar-refractivity contribution is -0.148. The summed E-state index contributed by atoms with van der Waals surface area (Å²) in [5, 5.41) is 3.25. The third-order valence-electron chi connectivity index (χ3n) is 6.17. The highest BCUT2D eigenvalue weighted by Gasteiger charge is 2.55. The molecule has 1 N–H and O–H groups in total. The first kappa shape index (κ1) is 22.6. The van der Waals surface area contributed by atoms with E-state index >= 15 is 0 Å². The van der Waals surface area contributed by atoms with Gasteiger partial charge in [-0.15, -0.1) is 0 Å². The zero-order chi connectivity index (χ0) is 22.2. The fourth-order valence-electron chi connectivity index (χ4n) is 4.51. The summed E-state index contributed by atoms with van der Waals surface area (Å²) >= 11 is 12.2. The summed E-state index contributed by atoms with van der Waals surface area (Å²) in [5.74, 6) is -3.04. The summed E-state index contributed by atoms with van der Waals surface area (Å²) in [4.78, 5) is 53.6. The van der Waals surface area contributed by atoms with Gasteiger partial charge in [0.05, 0.1) is 40.0 Å². The van der Waals surface area contributed by atoms with E-state index in [2.05, 4.69) is 5.32 Å². The molecule has 1 aliphatic carbocycles. The number of likely N-dealkylation sites (N-methyl/N-ethyl adjacent to an activating group) is 1. The van der Waals surface area contributed by atoms with E-state index in [4.69, 9.17) is 23.2 Å². The third kappa shape index (κ3) is 4.05. The van der Waals surface area contributed by atoms with Gasteiger partial charge in [-0.2, -0.15) is 0 Å². The SMILES string of the molecule is CCN(CC(=O)Nc1c(Cl)cccc1Cl)C(=O)[C@H]1[C@@H]2C(=O)N(C)C(=O)[C@H]2CC[C@H]1C. The molecule has 1 aliphatic heterocycles. The van der Waals surface area contributed by atoms with Gasteiger partial charge in [0.15, 0.2) is 0 Å². The lowest BCUT2D eigenvalue weighted by Crippen LogP contribution is -2.49. The van der Waals surface area contributed by atoms with Crippen LogP contribution in [0.25, 0.3) is 0 Å². The van der Waals surface area contributed by atoms with Crippen molar-refractivity contribution in [2.45, 2.75) is 26.7 Å². The van der Waals surface area contributed by atoms with Gasteiger partial charge in [-0.25, -0.2) is 0 Å². The van der Waals surface area contributed by atoms with Crippen molar-refractivity contribution in [3.63, 3.8) is 0 Å². The molecule has 0 spiro atoms. The van der Waals surface area contributed by atoms with E-state index in [9.17, 15) is 19.2 Å². The average Bonchev–Trinajstić information content (AvgIpc) is 2.92. The number of likely N-dealkylation sites (tertiary alicyclic amines) is 1. The Balaban J connectivity index is 1.77. The largest absolute Gasteiger partial charge is 0.333 e. The number of hydrogen-bond acceptors (Lipinski definition) is 4.